The lowest BCUT2D eigenvalue weighted by Crippen LogP contribution is -2.32. The molecule has 3 aromatic rings. The van der Waals surface area contributed by atoms with E-state index in [1.165, 1.54) is 6.92 Å². The van der Waals surface area contributed by atoms with Gasteiger partial charge in [-0.3, -0.25) is 14.9 Å². The Morgan fingerprint density at radius 3 is 2.48 bits per heavy atom. The van der Waals surface area contributed by atoms with Crippen LogP contribution in [0.1, 0.15) is 12.5 Å². The molecule has 0 aliphatic rings. The number of rotatable bonds is 7. The van der Waals surface area contributed by atoms with E-state index in [0.29, 0.717) is 11.8 Å². The van der Waals surface area contributed by atoms with Crippen LogP contribution in [0.4, 0.5) is 24.5 Å². The Morgan fingerprint density at radius 1 is 1.09 bits per heavy atom. The van der Waals surface area contributed by atoms with Crippen LogP contribution in [-0.2, 0) is 20.5 Å². The molecule has 11 heteroatoms. The summed E-state index contributed by atoms with van der Waals surface area (Å²) in [5.74, 6) is -1.54. The van der Waals surface area contributed by atoms with Crippen LogP contribution in [0, 0.1) is 10.1 Å². The van der Waals surface area contributed by atoms with E-state index >= 15 is 0 Å². The predicted molar refractivity (Wildman–Crippen MR) is 112 cm³/mol. The van der Waals surface area contributed by atoms with E-state index in [1.54, 1.807) is 24.3 Å². The van der Waals surface area contributed by atoms with E-state index in [4.69, 9.17) is 9.47 Å². The van der Waals surface area contributed by atoms with Gasteiger partial charge in [-0.15, -0.1) is 0 Å². The number of anilines is 1. The molecule has 0 heterocycles. The summed E-state index contributed by atoms with van der Waals surface area (Å²) in [6.07, 6.45) is -6.41. The number of hydrogen-bond donors (Lipinski definition) is 1. The fourth-order valence-electron chi connectivity index (χ4n) is 2.97. The fraction of sp³-hybridized carbons (Fsp3) is 0.182. The van der Waals surface area contributed by atoms with Crippen LogP contribution in [0.3, 0.4) is 0 Å². The van der Waals surface area contributed by atoms with Gasteiger partial charge in [0.05, 0.1) is 16.2 Å². The summed E-state index contributed by atoms with van der Waals surface area (Å²) in [6, 6.07) is 14.4. The molecule has 0 radical (unpaired) electrons. The lowest BCUT2D eigenvalue weighted by Gasteiger charge is -2.17. The number of amides is 1. The van der Waals surface area contributed by atoms with Crippen molar-refractivity contribution in [3.05, 3.63) is 76.3 Å². The Labute approximate surface area is 185 Å². The maximum absolute atomic E-state index is 13.3. The number of carbonyl (C=O) groups excluding carboxylic acids is 2. The van der Waals surface area contributed by atoms with Crippen molar-refractivity contribution in [2.45, 2.75) is 19.2 Å². The number of alkyl halides is 3. The van der Waals surface area contributed by atoms with Crippen molar-refractivity contribution in [3.8, 4) is 5.75 Å². The Balaban J connectivity index is 1.63. The SMILES string of the molecule is CC(OC(=O)COc1cccc2ccccc12)C(=O)Nc1ccc([N+](=O)[O-])cc1C(F)(F)F. The number of fused-ring (bicyclic) bond motifs is 1. The van der Waals surface area contributed by atoms with E-state index in [9.17, 15) is 32.9 Å². The van der Waals surface area contributed by atoms with Gasteiger partial charge in [0.15, 0.2) is 12.7 Å². The average molecular weight is 462 g/mol. The van der Waals surface area contributed by atoms with Gasteiger partial charge in [0, 0.05) is 17.5 Å². The molecule has 0 spiro atoms. The third kappa shape index (κ3) is 5.76. The van der Waals surface area contributed by atoms with Crippen molar-refractivity contribution < 1.29 is 37.2 Å². The molecule has 3 aromatic carbocycles. The molecule has 172 valence electrons. The van der Waals surface area contributed by atoms with Crippen LogP contribution < -0.4 is 10.1 Å². The molecule has 1 unspecified atom stereocenters. The first-order valence-electron chi connectivity index (χ1n) is 9.53. The zero-order chi connectivity index (χ0) is 24.2. The van der Waals surface area contributed by atoms with Crippen molar-refractivity contribution >= 4 is 34.0 Å². The largest absolute Gasteiger partial charge is 0.481 e. The van der Waals surface area contributed by atoms with E-state index in [0.717, 1.165) is 22.9 Å². The number of carbonyl (C=O) groups is 2. The van der Waals surface area contributed by atoms with Gasteiger partial charge in [-0.2, -0.15) is 13.2 Å². The Kier molecular flexibility index (Phi) is 6.80. The number of ether oxygens (including phenoxy) is 2. The van der Waals surface area contributed by atoms with Crippen LogP contribution >= 0.6 is 0 Å². The van der Waals surface area contributed by atoms with Gasteiger partial charge in [-0.25, -0.2) is 4.79 Å². The monoisotopic (exact) mass is 462 g/mol. The minimum atomic E-state index is -4.96. The zero-order valence-corrected chi connectivity index (χ0v) is 17.1. The highest BCUT2D eigenvalue weighted by Gasteiger charge is 2.36. The van der Waals surface area contributed by atoms with Crippen LogP contribution in [0.15, 0.2) is 60.7 Å². The molecule has 0 aliphatic carbocycles. The number of nitro benzene ring substituents is 1. The maximum atomic E-state index is 13.3. The molecule has 33 heavy (non-hydrogen) atoms. The van der Waals surface area contributed by atoms with Crippen LogP contribution in [0.25, 0.3) is 10.8 Å². The molecule has 1 amide bonds. The third-order valence-electron chi connectivity index (χ3n) is 4.55. The Bertz CT molecular complexity index is 1210. The molecular formula is C22H17F3N2O6. The van der Waals surface area contributed by atoms with Crippen LogP contribution in [-0.4, -0.2) is 29.5 Å². The van der Waals surface area contributed by atoms with Crippen molar-refractivity contribution in [3.63, 3.8) is 0 Å². The van der Waals surface area contributed by atoms with E-state index in [1.807, 2.05) is 23.5 Å². The lowest BCUT2D eigenvalue weighted by molar-refractivity contribution is -0.385. The fourth-order valence-corrected chi connectivity index (χ4v) is 2.97. The molecule has 0 aromatic heterocycles. The van der Waals surface area contributed by atoms with Crippen molar-refractivity contribution in [2.24, 2.45) is 0 Å². The molecule has 0 saturated heterocycles. The molecule has 0 bridgehead atoms. The number of esters is 1. The van der Waals surface area contributed by atoms with Gasteiger partial charge in [0.1, 0.15) is 5.75 Å². The third-order valence-corrected chi connectivity index (χ3v) is 4.55. The highest BCUT2D eigenvalue weighted by molar-refractivity contribution is 5.96. The van der Waals surface area contributed by atoms with E-state index in [2.05, 4.69) is 0 Å². The van der Waals surface area contributed by atoms with Crippen molar-refractivity contribution in [1.29, 1.82) is 0 Å². The number of nitrogens with one attached hydrogen (secondary N) is 1. The summed E-state index contributed by atoms with van der Waals surface area (Å²) in [7, 11) is 0. The molecular weight excluding hydrogens is 445 g/mol. The van der Waals surface area contributed by atoms with Gasteiger partial charge >= 0.3 is 12.1 Å². The summed E-state index contributed by atoms with van der Waals surface area (Å²) < 4.78 is 50.2. The Hall–Kier alpha value is -4.15. The number of nitro groups is 1. The second-order valence-electron chi connectivity index (χ2n) is 6.87. The minimum absolute atomic E-state index is 0.310. The first-order valence-corrected chi connectivity index (χ1v) is 9.53. The van der Waals surface area contributed by atoms with Gasteiger partial charge in [0.25, 0.3) is 11.6 Å². The van der Waals surface area contributed by atoms with Gasteiger partial charge in [-0.1, -0.05) is 36.4 Å². The zero-order valence-electron chi connectivity index (χ0n) is 17.1. The average Bonchev–Trinajstić information content (AvgIpc) is 2.76. The molecule has 1 N–H and O–H groups in total. The van der Waals surface area contributed by atoms with Gasteiger partial charge < -0.3 is 14.8 Å². The quantitative estimate of drug-likeness (QED) is 0.309. The number of benzene rings is 3. The molecule has 0 aliphatic heterocycles. The molecule has 3 rings (SSSR count). The maximum Gasteiger partial charge on any atom is 0.418 e. The Morgan fingerprint density at radius 2 is 1.79 bits per heavy atom. The van der Waals surface area contributed by atoms with Crippen LogP contribution in [0.5, 0.6) is 5.75 Å². The van der Waals surface area contributed by atoms with E-state index < -0.39 is 52.6 Å². The second kappa shape index (κ2) is 9.55. The number of halogens is 3. The second-order valence-corrected chi connectivity index (χ2v) is 6.87. The highest BCUT2D eigenvalue weighted by atomic mass is 19.4. The van der Waals surface area contributed by atoms with E-state index in [-0.39, 0.29) is 0 Å². The minimum Gasteiger partial charge on any atom is -0.481 e. The normalized spacial score (nSPS) is 12.1. The number of hydrogen-bond acceptors (Lipinski definition) is 6. The summed E-state index contributed by atoms with van der Waals surface area (Å²) in [5.41, 5.74) is -2.89. The molecule has 0 saturated carbocycles. The van der Waals surface area contributed by atoms with Gasteiger partial charge in [0.2, 0.25) is 0 Å². The predicted octanol–water partition coefficient (Wildman–Crippen LogP) is 4.72. The molecule has 8 nitrogen and oxygen atoms in total. The topological polar surface area (TPSA) is 108 Å². The standard InChI is InChI=1S/C22H17F3N2O6/c1-13(21(29)26-18-10-9-15(27(30)31)11-17(18)22(23,24)25)33-20(28)12-32-19-8-4-6-14-5-2-3-7-16(14)19/h2-11,13H,12H2,1H3,(H,26,29). The highest BCUT2D eigenvalue weighted by Crippen LogP contribution is 2.37. The summed E-state index contributed by atoms with van der Waals surface area (Å²) in [6.45, 7) is 0.640. The molecule has 0 fully saturated rings. The lowest BCUT2D eigenvalue weighted by atomic mass is 10.1. The first kappa shape index (κ1) is 23.5. The van der Waals surface area contributed by atoms with Crippen molar-refractivity contribution in [1.82, 2.24) is 0 Å². The van der Waals surface area contributed by atoms with Gasteiger partial charge in [-0.05, 0) is 24.4 Å². The molecule has 1 atom stereocenters. The van der Waals surface area contributed by atoms with Crippen LogP contribution in [0.2, 0.25) is 0 Å². The summed E-state index contributed by atoms with van der Waals surface area (Å²) in [4.78, 5) is 34.1. The number of nitrogens with zero attached hydrogens (tertiary/aromatic N) is 1. The van der Waals surface area contributed by atoms with Crippen molar-refractivity contribution in [2.75, 3.05) is 11.9 Å². The smallest absolute Gasteiger partial charge is 0.418 e. The summed E-state index contributed by atoms with van der Waals surface area (Å²) in [5, 5.41) is 14.4. The first-order chi connectivity index (χ1) is 15.6. The summed E-state index contributed by atoms with van der Waals surface area (Å²) >= 11 is 0. The number of non-ortho nitro benzene ring substituents is 1.